The second-order valence-electron chi connectivity index (χ2n) is 5.28. The van der Waals surface area contributed by atoms with Crippen LogP contribution >= 0.6 is 0 Å². The highest BCUT2D eigenvalue weighted by Crippen LogP contribution is 2.26. The van der Waals surface area contributed by atoms with Crippen LogP contribution in [0.25, 0.3) is 0 Å². The number of carbonyl (C=O) groups is 1. The fraction of sp³-hybridized carbons (Fsp3) is 0.643. The van der Waals surface area contributed by atoms with E-state index in [1.54, 1.807) is 6.07 Å². The number of furan rings is 1. The molecule has 2 saturated heterocycles. The van der Waals surface area contributed by atoms with Gasteiger partial charge in [-0.05, 0) is 38.4 Å². The van der Waals surface area contributed by atoms with Crippen molar-refractivity contribution >= 4 is 12.2 Å². The Morgan fingerprint density at radius 3 is 2.72 bits per heavy atom. The standard InChI is InChI=1S/C14H20N2O2/c17-11-13-4-5-14(18-13)16-9-6-12(10-16)15-7-2-1-3-8-15/h4-5,11-12H,1-3,6-10H2. The third kappa shape index (κ3) is 2.29. The maximum absolute atomic E-state index is 10.6. The van der Waals surface area contributed by atoms with Crippen molar-refractivity contribution in [1.82, 2.24) is 4.90 Å². The fourth-order valence-electron chi connectivity index (χ4n) is 3.10. The van der Waals surface area contributed by atoms with Crippen molar-refractivity contribution < 1.29 is 9.21 Å². The summed E-state index contributed by atoms with van der Waals surface area (Å²) >= 11 is 0. The first kappa shape index (κ1) is 11.8. The molecule has 1 atom stereocenters. The molecule has 1 unspecified atom stereocenters. The van der Waals surface area contributed by atoms with Crippen LogP contribution in [0.3, 0.4) is 0 Å². The molecule has 2 fully saturated rings. The Morgan fingerprint density at radius 1 is 1.17 bits per heavy atom. The number of hydrogen-bond acceptors (Lipinski definition) is 4. The van der Waals surface area contributed by atoms with E-state index in [4.69, 9.17) is 4.42 Å². The molecule has 2 aliphatic rings. The lowest BCUT2D eigenvalue weighted by Gasteiger charge is -2.32. The molecule has 0 spiro atoms. The summed E-state index contributed by atoms with van der Waals surface area (Å²) in [6.45, 7) is 4.56. The van der Waals surface area contributed by atoms with Gasteiger partial charge in [-0.1, -0.05) is 6.42 Å². The molecule has 0 aliphatic carbocycles. The van der Waals surface area contributed by atoms with Gasteiger partial charge in [-0.3, -0.25) is 9.69 Å². The van der Waals surface area contributed by atoms with Gasteiger partial charge in [0.2, 0.25) is 0 Å². The molecule has 18 heavy (non-hydrogen) atoms. The Labute approximate surface area is 108 Å². The van der Waals surface area contributed by atoms with Crippen LogP contribution in [0, 0.1) is 0 Å². The summed E-state index contributed by atoms with van der Waals surface area (Å²) in [6.07, 6.45) is 6.03. The van der Waals surface area contributed by atoms with E-state index in [0.29, 0.717) is 11.8 Å². The normalized spacial score (nSPS) is 25.6. The van der Waals surface area contributed by atoms with Crippen LogP contribution in [0.5, 0.6) is 0 Å². The van der Waals surface area contributed by atoms with E-state index in [0.717, 1.165) is 25.3 Å². The minimum atomic E-state index is 0.423. The van der Waals surface area contributed by atoms with Crippen molar-refractivity contribution in [2.75, 3.05) is 31.1 Å². The van der Waals surface area contributed by atoms with E-state index in [1.165, 1.54) is 38.8 Å². The first-order valence-corrected chi connectivity index (χ1v) is 6.91. The maximum Gasteiger partial charge on any atom is 0.196 e. The van der Waals surface area contributed by atoms with Gasteiger partial charge in [0.25, 0.3) is 0 Å². The molecule has 98 valence electrons. The molecule has 2 aliphatic heterocycles. The van der Waals surface area contributed by atoms with Crippen molar-refractivity contribution in [2.45, 2.75) is 31.7 Å². The summed E-state index contributed by atoms with van der Waals surface area (Å²) in [7, 11) is 0. The first-order chi connectivity index (χ1) is 8.86. The van der Waals surface area contributed by atoms with E-state index in [1.807, 2.05) is 6.07 Å². The van der Waals surface area contributed by atoms with Gasteiger partial charge in [0.15, 0.2) is 17.9 Å². The third-order valence-electron chi connectivity index (χ3n) is 4.11. The predicted molar refractivity (Wildman–Crippen MR) is 70.1 cm³/mol. The van der Waals surface area contributed by atoms with Crippen LogP contribution in [0.1, 0.15) is 36.2 Å². The van der Waals surface area contributed by atoms with Crippen LogP contribution in [0.2, 0.25) is 0 Å². The largest absolute Gasteiger partial charge is 0.438 e. The Balaban J connectivity index is 1.62. The highest BCUT2D eigenvalue weighted by Gasteiger charge is 2.29. The number of anilines is 1. The van der Waals surface area contributed by atoms with Gasteiger partial charge >= 0.3 is 0 Å². The van der Waals surface area contributed by atoms with Crippen LogP contribution in [-0.4, -0.2) is 43.4 Å². The van der Waals surface area contributed by atoms with E-state index in [-0.39, 0.29) is 0 Å². The van der Waals surface area contributed by atoms with Crippen molar-refractivity contribution in [3.05, 3.63) is 17.9 Å². The van der Waals surface area contributed by atoms with Gasteiger partial charge in [0.1, 0.15) is 0 Å². The molecule has 0 aromatic carbocycles. The lowest BCUT2D eigenvalue weighted by molar-refractivity contribution is 0.110. The third-order valence-corrected chi connectivity index (χ3v) is 4.11. The van der Waals surface area contributed by atoms with Crippen LogP contribution in [0.4, 0.5) is 5.88 Å². The van der Waals surface area contributed by atoms with Crippen molar-refractivity contribution in [2.24, 2.45) is 0 Å². The molecule has 1 aromatic rings. The number of nitrogens with zero attached hydrogens (tertiary/aromatic N) is 2. The average Bonchev–Trinajstić information content (AvgIpc) is 3.08. The number of rotatable bonds is 3. The van der Waals surface area contributed by atoms with E-state index in [2.05, 4.69) is 9.80 Å². The Hall–Kier alpha value is -1.29. The summed E-state index contributed by atoms with van der Waals surface area (Å²) in [6, 6.07) is 4.31. The van der Waals surface area contributed by atoms with Crippen LogP contribution < -0.4 is 4.90 Å². The number of carbonyl (C=O) groups excluding carboxylic acids is 1. The molecule has 0 amide bonds. The van der Waals surface area contributed by atoms with Crippen molar-refractivity contribution in [3.63, 3.8) is 0 Å². The lowest BCUT2D eigenvalue weighted by Crippen LogP contribution is -2.40. The summed E-state index contributed by atoms with van der Waals surface area (Å²) < 4.78 is 5.49. The quantitative estimate of drug-likeness (QED) is 0.768. The van der Waals surface area contributed by atoms with Crippen LogP contribution in [0.15, 0.2) is 16.5 Å². The number of piperidine rings is 1. The second-order valence-corrected chi connectivity index (χ2v) is 5.28. The van der Waals surface area contributed by atoms with Gasteiger partial charge < -0.3 is 9.32 Å². The van der Waals surface area contributed by atoms with Gasteiger partial charge in [0, 0.05) is 25.2 Å². The molecule has 4 nitrogen and oxygen atoms in total. The van der Waals surface area contributed by atoms with Gasteiger partial charge in [0.05, 0.1) is 0 Å². The number of aldehydes is 1. The molecule has 0 saturated carbocycles. The van der Waals surface area contributed by atoms with Gasteiger partial charge in [-0.15, -0.1) is 0 Å². The molecule has 0 bridgehead atoms. The van der Waals surface area contributed by atoms with Gasteiger partial charge in [-0.2, -0.15) is 0 Å². The molecular weight excluding hydrogens is 228 g/mol. The average molecular weight is 248 g/mol. The molecule has 0 radical (unpaired) electrons. The van der Waals surface area contributed by atoms with Crippen LogP contribution in [-0.2, 0) is 0 Å². The summed E-state index contributed by atoms with van der Waals surface area (Å²) in [5.41, 5.74) is 0. The summed E-state index contributed by atoms with van der Waals surface area (Å²) in [5.74, 6) is 1.27. The molecule has 3 heterocycles. The minimum absolute atomic E-state index is 0.423. The summed E-state index contributed by atoms with van der Waals surface area (Å²) in [5, 5.41) is 0. The topological polar surface area (TPSA) is 36.7 Å². The molecular formula is C14H20N2O2. The Kier molecular flexibility index (Phi) is 3.37. The Morgan fingerprint density at radius 2 is 2.00 bits per heavy atom. The zero-order valence-corrected chi connectivity index (χ0v) is 10.7. The molecule has 0 N–H and O–H groups in total. The number of hydrogen-bond donors (Lipinski definition) is 0. The highest BCUT2D eigenvalue weighted by atomic mass is 16.4. The van der Waals surface area contributed by atoms with Gasteiger partial charge in [-0.25, -0.2) is 0 Å². The monoisotopic (exact) mass is 248 g/mol. The van der Waals surface area contributed by atoms with Crippen molar-refractivity contribution in [3.8, 4) is 0 Å². The lowest BCUT2D eigenvalue weighted by atomic mass is 10.1. The number of likely N-dealkylation sites (tertiary alicyclic amines) is 1. The SMILES string of the molecule is O=Cc1ccc(N2CCC(N3CCCCC3)C2)o1. The van der Waals surface area contributed by atoms with Crippen molar-refractivity contribution in [1.29, 1.82) is 0 Å². The van der Waals surface area contributed by atoms with E-state index < -0.39 is 0 Å². The zero-order chi connectivity index (χ0) is 12.4. The van der Waals surface area contributed by atoms with E-state index in [9.17, 15) is 4.79 Å². The molecule has 3 rings (SSSR count). The zero-order valence-electron chi connectivity index (χ0n) is 10.7. The fourth-order valence-corrected chi connectivity index (χ4v) is 3.10. The van der Waals surface area contributed by atoms with E-state index >= 15 is 0 Å². The smallest absolute Gasteiger partial charge is 0.196 e. The highest BCUT2D eigenvalue weighted by molar-refractivity contribution is 5.71. The maximum atomic E-state index is 10.6. The summed E-state index contributed by atoms with van der Waals surface area (Å²) in [4.78, 5) is 15.5. The first-order valence-electron chi connectivity index (χ1n) is 6.91. The Bertz CT molecular complexity index is 410. The minimum Gasteiger partial charge on any atom is -0.438 e. The molecule has 1 aromatic heterocycles. The molecule has 4 heteroatoms. The second kappa shape index (κ2) is 5.14. The predicted octanol–water partition coefficient (Wildman–Crippen LogP) is 2.16.